The highest BCUT2D eigenvalue weighted by atomic mass is 19.1. The average Bonchev–Trinajstić information content (AvgIpc) is 3.09. The first-order chi connectivity index (χ1) is 15.9. The van der Waals surface area contributed by atoms with Crippen LogP contribution in [-0.4, -0.2) is 15.7 Å². The molecule has 6 heteroatoms. The van der Waals surface area contributed by atoms with Gasteiger partial charge in [0.15, 0.2) is 0 Å². The van der Waals surface area contributed by atoms with E-state index >= 15 is 0 Å². The van der Waals surface area contributed by atoms with E-state index in [0.29, 0.717) is 18.1 Å². The Labute approximate surface area is 192 Å². The number of hydrogen-bond acceptors (Lipinski definition) is 3. The van der Waals surface area contributed by atoms with E-state index < -0.39 is 5.82 Å². The van der Waals surface area contributed by atoms with Crippen LogP contribution in [0.25, 0.3) is 5.69 Å². The number of aryl methyl sites for hydroxylation is 3. The zero-order chi connectivity index (χ0) is 23.4. The molecule has 0 radical (unpaired) electrons. The molecular weight excluding hydrogens is 417 g/mol. The predicted molar refractivity (Wildman–Crippen MR) is 128 cm³/mol. The lowest BCUT2D eigenvalue weighted by atomic mass is 10.1. The number of nitrogens with zero attached hydrogens (tertiary/aromatic N) is 2. The predicted octanol–water partition coefficient (Wildman–Crippen LogP) is 6.30. The largest absolute Gasteiger partial charge is 0.439 e. The molecular formula is C27H26FN3O2. The Kier molecular flexibility index (Phi) is 6.54. The van der Waals surface area contributed by atoms with Crippen molar-refractivity contribution in [3.8, 4) is 17.3 Å². The van der Waals surface area contributed by atoms with Crippen LogP contribution in [0.15, 0.2) is 72.8 Å². The second kappa shape index (κ2) is 9.69. The Balaban J connectivity index is 1.64. The summed E-state index contributed by atoms with van der Waals surface area (Å²) < 4.78 is 22.0. The van der Waals surface area contributed by atoms with Gasteiger partial charge in [0.05, 0.1) is 17.1 Å². The summed E-state index contributed by atoms with van der Waals surface area (Å²) >= 11 is 0. The number of amides is 1. The summed E-state index contributed by atoms with van der Waals surface area (Å²) in [6.07, 6.45) is 0.567. The maximum atomic E-state index is 13.9. The molecule has 0 saturated carbocycles. The molecule has 0 spiro atoms. The lowest BCUT2D eigenvalue weighted by molar-refractivity contribution is -0.116. The van der Waals surface area contributed by atoms with Crippen LogP contribution in [0, 0.1) is 26.6 Å². The molecule has 1 amide bonds. The van der Waals surface area contributed by atoms with E-state index in [0.717, 1.165) is 28.1 Å². The van der Waals surface area contributed by atoms with Gasteiger partial charge in [-0.1, -0.05) is 42.5 Å². The fourth-order valence-electron chi connectivity index (χ4n) is 3.70. The molecule has 1 N–H and O–H groups in total. The van der Waals surface area contributed by atoms with Crippen LogP contribution in [0.5, 0.6) is 11.6 Å². The fourth-order valence-corrected chi connectivity index (χ4v) is 3.70. The van der Waals surface area contributed by atoms with Crippen molar-refractivity contribution in [1.82, 2.24) is 9.78 Å². The molecule has 0 atom stereocenters. The van der Waals surface area contributed by atoms with Gasteiger partial charge in [-0.3, -0.25) is 4.79 Å². The molecule has 0 bridgehead atoms. The molecule has 3 aromatic carbocycles. The van der Waals surface area contributed by atoms with Crippen molar-refractivity contribution in [3.63, 3.8) is 0 Å². The van der Waals surface area contributed by atoms with Gasteiger partial charge in [0.2, 0.25) is 11.8 Å². The Morgan fingerprint density at radius 3 is 2.52 bits per heavy atom. The van der Waals surface area contributed by atoms with Gasteiger partial charge in [-0.05, 0) is 68.7 Å². The zero-order valence-electron chi connectivity index (χ0n) is 18.9. The van der Waals surface area contributed by atoms with Crippen molar-refractivity contribution in [2.24, 2.45) is 0 Å². The Bertz CT molecular complexity index is 1300. The van der Waals surface area contributed by atoms with E-state index in [1.54, 1.807) is 22.9 Å². The van der Waals surface area contributed by atoms with Gasteiger partial charge in [-0.15, -0.1) is 0 Å². The molecule has 0 saturated heterocycles. The van der Waals surface area contributed by atoms with Gasteiger partial charge < -0.3 is 10.1 Å². The number of para-hydroxylation sites is 2. The lowest BCUT2D eigenvalue weighted by Gasteiger charge is -2.13. The molecule has 1 aromatic heterocycles. The SMILES string of the molecule is Cc1cccc(Oc2c(CCC(=O)Nc3ccccc3F)c(C)nn2-c2ccccc2C)c1. The van der Waals surface area contributed by atoms with Crippen LogP contribution in [0.1, 0.15) is 28.8 Å². The third kappa shape index (κ3) is 5.12. The molecule has 5 nitrogen and oxygen atoms in total. The highest BCUT2D eigenvalue weighted by molar-refractivity contribution is 5.91. The van der Waals surface area contributed by atoms with E-state index in [4.69, 9.17) is 9.84 Å². The van der Waals surface area contributed by atoms with Gasteiger partial charge in [0.1, 0.15) is 11.6 Å². The number of anilines is 1. The third-order valence-electron chi connectivity index (χ3n) is 5.43. The number of hydrogen-bond donors (Lipinski definition) is 1. The minimum absolute atomic E-state index is 0.165. The summed E-state index contributed by atoms with van der Waals surface area (Å²) in [4.78, 5) is 12.5. The van der Waals surface area contributed by atoms with Crippen LogP contribution < -0.4 is 10.1 Å². The monoisotopic (exact) mass is 443 g/mol. The highest BCUT2D eigenvalue weighted by Gasteiger charge is 2.21. The van der Waals surface area contributed by atoms with E-state index in [1.807, 2.05) is 69.3 Å². The topological polar surface area (TPSA) is 56.1 Å². The van der Waals surface area contributed by atoms with Crippen molar-refractivity contribution in [2.75, 3.05) is 5.32 Å². The highest BCUT2D eigenvalue weighted by Crippen LogP contribution is 2.32. The number of halogens is 1. The van der Waals surface area contributed by atoms with Crippen molar-refractivity contribution < 1.29 is 13.9 Å². The fraction of sp³-hybridized carbons (Fsp3) is 0.185. The molecule has 0 aliphatic carbocycles. The summed E-state index contributed by atoms with van der Waals surface area (Å²) in [7, 11) is 0. The molecule has 0 unspecified atom stereocenters. The van der Waals surface area contributed by atoms with E-state index in [1.165, 1.54) is 6.07 Å². The summed E-state index contributed by atoms with van der Waals surface area (Å²) in [5, 5.41) is 7.38. The summed E-state index contributed by atoms with van der Waals surface area (Å²) in [5.41, 5.74) is 4.83. The average molecular weight is 444 g/mol. The summed E-state index contributed by atoms with van der Waals surface area (Å²) in [5.74, 6) is 0.537. The maximum absolute atomic E-state index is 13.9. The molecule has 4 aromatic rings. The Morgan fingerprint density at radius 2 is 1.76 bits per heavy atom. The van der Waals surface area contributed by atoms with Crippen molar-refractivity contribution in [3.05, 3.63) is 101 Å². The summed E-state index contributed by atoms with van der Waals surface area (Å²) in [6, 6.07) is 21.9. The lowest BCUT2D eigenvalue weighted by Crippen LogP contribution is -2.13. The van der Waals surface area contributed by atoms with Gasteiger partial charge in [0.25, 0.3) is 0 Å². The van der Waals surface area contributed by atoms with Crippen LogP contribution in [0.2, 0.25) is 0 Å². The minimum Gasteiger partial charge on any atom is -0.439 e. The van der Waals surface area contributed by atoms with Gasteiger partial charge in [-0.25, -0.2) is 4.39 Å². The summed E-state index contributed by atoms with van der Waals surface area (Å²) in [6.45, 7) is 5.93. The number of benzene rings is 3. The normalized spacial score (nSPS) is 10.8. The molecule has 168 valence electrons. The minimum atomic E-state index is -0.460. The van der Waals surface area contributed by atoms with Gasteiger partial charge >= 0.3 is 0 Å². The van der Waals surface area contributed by atoms with Crippen molar-refractivity contribution in [1.29, 1.82) is 0 Å². The number of ether oxygens (including phenoxy) is 1. The number of nitrogens with one attached hydrogen (secondary N) is 1. The second-order valence-corrected chi connectivity index (χ2v) is 8.01. The van der Waals surface area contributed by atoms with Crippen molar-refractivity contribution in [2.45, 2.75) is 33.6 Å². The molecule has 33 heavy (non-hydrogen) atoms. The first-order valence-electron chi connectivity index (χ1n) is 10.9. The van der Waals surface area contributed by atoms with Gasteiger partial charge in [-0.2, -0.15) is 9.78 Å². The standard InChI is InChI=1S/C27H26FN3O2/c1-18-9-8-11-21(17-18)33-27-22(15-16-26(32)29-24-13-6-5-12-23(24)28)20(3)30-31(27)25-14-7-4-10-19(25)2/h4-14,17H,15-16H2,1-3H3,(H,29,32). The van der Waals surface area contributed by atoms with E-state index in [-0.39, 0.29) is 18.0 Å². The van der Waals surface area contributed by atoms with Crippen LogP contribution in [0.3, 0.4) is 0 Å². The molecule has 0 fully saturated rings. The van der Waals surface area contributed by atoms with Crippen molar-refractivity contribution >= 4 is 11.6 Å². The smallest absolute Gasteiger partial charge is 0.226 e. The third-order valence-corrected chi connectivity index (χ3v) is 5.43. The second-order valence-electron chi connectivity index (χ2n) is 8.01. The molecule has 0 aliphatic heterocycles. The number of carbonyl (C=O) groups excluding carboxylic acids is 1. The van der Waals surface area contributed by atoms with Gasteiger partial charge in [0, 0.05) is 12.0 Å². The first kappa shape index (κ1) is 22.3. The van der Waals surface area contributed by atoms with Crippen LogP contribution in [0.4, 0.5) is 10.1 Å². The molecule has 0 aliphatic rings. The number of aromatic nitrogens is 2. The Morgan fingerprint density at radius 1 is 1.00 bits per heavy atom. The maximum Gasteiger partial charge on any atom is 0.226 e. The number of carbonyl (C=O) groups is 1. The van der Waals surface area contributed by atoms with Crippen LogP contribution in [-0.2, 0) is 11.2 Å². The number of rotatable bonds is 7. The molecule has 4 rings (SSSR count). The van der Waals surface area contributed by atoms with Crippen LogP contribution >= 0.6 is 0 Å². The first-order valence-corrected chi connectivity index (χ1v) is 10.9. The Hall–Kier alpha value is -3.93. The van der Waals surface area contributed by atoms with E-state index in [2.05, 4.69) is 5.32 Å². The quantitative estimate of drug-likeness (QED) is 0.365. The zero-order valence-corrected chi connectivity index (χ0v) is 18.9. The molecule has 1 heterocycles. The van der Waals surface area contributed by atoms with E-state index in [9.17, 15) is 9.18 Å².